The predicted octanol–water partition coefficient (Wildman–Crippen LogP) is 4.70. The number of nitrogens with zero attached hydrogens (tertiary/aromatic N) is 4. The van der Waals surface area contributed by atoms with Crippen molar-refractivity contribution in [3.8, 4) is 22.9 Å². The van der Waals surface area contributed by atoms with E-state index in [-0.39, 0.29) is 5.82 Å². The molecule has 0 spiro atoms. The van der Waals surface area contributed by atoms with E-state index in [1.165, 1.54) is 0 Å². The molecule has 2 N–H and O–H groups in total. The number of amides is 1. The van der Waals surface area contributed by atoms with E-state index in [4.69, 9.17) is 10.00 Å². The number of anilines is 1. The number of rotatable bonds is 9. The molecule has 0 unspecified atom stereocenters. The van der Waals surface area contributed by atoms with Crippen LogP contribution in [-0.4, -0.2) is 32.7 Å². The van der Waals surface area contributed by atoms with Gasteiger partial charge in [0, 0.05) is 19.0 Å². The summed E-state index contributed by atoms with van der Waals surface area (Å²) in [6, 6.07) is 21.5. The van der Waals surface area contributed by atoms with Gasteiger partial charge in [-0.1, -0.05) is 36.4 Å². The van der Waals surface area contributed by atoms with E-state index in [0.717, 1.165) is 28.0 Å². The molecule has 2 heterocycles. The highest BCUT2D eigenvalue weighted by atomic mass is 16.5. The highest BCUT2D eigenvalue weighted by molar-refractivity contribution is 6.01. The van der Waals surface area contributed by atoms with Crippen molar-refractivity contribution in [2.75, 3.05) is 11.9 Å². The Hall–Kier alpha value is -4.51. The van der Waals surface area contributed by atoms with Crippen LogP contribution in [0.1, 0.15) is 40.4 Å². The van der Waals surface area contributed by atoms with Crippen LogP contribution in [0.5, 0.6) is 5.75 Å². The molecule has 4 rings (SSSR count). The van der Waals surface area contributed by atoms with Gasteiger partial charge >= 0.3 is 0 Å². The minimum atomic E-state index is -0.414. The number of unbranched alkanes of at least 4 members (excludes halogenated alkanes) is 1. The Kier molecular flexibility index (Phi) is 7.25. The van der Waals surface area contributed by atoms with Crippen molar-refractivity contribution >= 4 is 11.7 Å². The summed E-state index contributed by atoms with van der Waals surface area (Å²) in [5.74, 6) is 1.46. The highest BCUT2D eigenvalue weighted by Crippen LogP contribution is 2.29. The molecular formula is C26H24N6O2. The van der Waals surface area contributed by atoms with Crippen LogP contribution in [0.3, 0.4) is 0 Å². The average Bonchev–Trinajstić information content (AvgIpc) is 3.32. The van der Waals surface area contributed by atoms with Gasteiger partial charge in [0.05, 0.1) is 12.7 Å². The number of carbonyl (C=O) groups is 1. The second-order valence-corrected chi connectivity index (χ2v) is 7.75. The van der Waals surface area contributed by atoms with Crippen molar-refractivity contribution < 1.29 is 9.53 Å². The number of nitrogens with one attached hydrogen (secondary N) is 2. The maximum atomic E-state index is 12.7. The SMILES string of the molecule is Cc1ccc(OCCCC#N)cc1-c1ccnc(NC(=O)c2nnc(Cc3ccccc3)[nH]2)c1. The summed E-state index contributed by atoms with van der Waals surface area (Å²) in [5.41, 5.74) is 4.01. The molecule has 0 aliphatic rings. The van der Waals surface area contributed by atoms with Crippen LogP contribution in [0.2, 0.25) is 0 Å². The zero-order chi connectivity index (χ0) is 23.8. The van der Waals surface area contributed by atoms with Crippen LogP contribution >= 0.6 is 0 Å². The van der Waals surface area contributed by atoms with Crippen LogP contribution in [-0.2, 0) is 6.42 Å². The molecule has 0 saturated carbocycles. The van der Waals surface area contributed by atoms with Gasteiger partial charge in [-0.3, -0.25) is 4.79 Å². The Morgan fingerprint density at radius 1 is 1.12 bits per heavy atom. The fourth-order valence-corrected chi connectivity index (χ4v) is 3.45. The molecule has 0 radical (unpaired) electrons. The number of aryl methyl sites for hydroxylation is 1. The lowest BCUT2D eigenvalue weighted by Crippen LogP contribution is -2.14. The van der Waals surface area contributed by atoms with Gasteiger partial charge in [0.1, 0.15) is 17.4 Å². The molecule has 170 valence electrons. The number of aromatic nitrogens is 4. The topological polar surface area (TPSA) is 117 Å². The largest absolute Gasteiger partial charge is 0.494 e. The Bertz CT molecular complexity index is 1310. The first-order valence-corrected chi connectivity index (χ1v) is 11.0. The third-order valence-electron chi connectivity index (χ3n) is 5.19. The van der Waals surface area contributed by atoms with E-state index < -0.39 is 5.91 Å². The number of hydrogen-bond donors (Lipinski definition) is 2. The van der Waals surface area contributed by atoms with Crippen LogP contribution in [0, 0.1) is 18.3 Å². The zero-order valence-electron chi connectivity index (χ0n) is 18.8. The monoisotopic (exact) mass is 452 g/mol. The summed E-state index contributed by atoms with van der Waals surface area (Å²) < 4.78 is 5.77. The standard InChI is InChI=1S/C26H24N6O2/c1-18-9-10-21(34-14-6-5-12-27)17-22(18)20-11-13-28-23(16-20)30-26(33)25-29-24(31-32-25)15-19-7-3-2-4-8-19/h2-4,7-11,13,16-17H,5-6,14-15H2,1H3,(H,28,30,33)(H,29,31,32). The Balaban J connectivity index is 1.45. The van der Waals surface area contributed by atoms with Gasteiger partial charge in [-0.25, -0.2) is 4.98 Å². The maximum Gasteiger partial charge on any atom is 0.294 e. The average molecular weight is 453 g/mol. The Morgan fingerprint density at radius 3 is 2.79 bits per heavy atom. The lowest BCUT2D eigenvalue weighted by Gasteiger charge is -2.11. The smallest absolute Gasteiger partial charge is 0.294 e. The maximum absolute atomic E-state index is 12.7. The first-order valence-electron chi connectivity index (χ1n) is 11.0. The molecule has 0 fully saturated rings. The van der Waals surface area contributed by atoms with Gasteiger partial charge in [0.25, 0.3) is 5.91 Å². The van der Waals surface area contributed by atoms with E-state index >= 15 is 0 Å². The molecule has 0 aliphatic heterocycles. The normalized spacial score (nSPS) is 10.5. The van der Waals surface area contributed by atoms with Crippen molar-refractivity contribution in [2.24, 2.45) is 0 Å². The van der Waals surface area contributed by atoms with Crippen LogP contribution in [0.25, 0.3) is 11.1 Å². The van der Waals surface area contributed by atoms with Gasteiger partial charge in [-0.05, 0) is 59.9 Å². The second-order valence-electron chi connectivity index (χ2n) is 7.75. The van der Waals surface area contributed by atoms with Gasteiger partial charge in [0.15, 0.2) is 0 Å². The van der Waals surface area contributed by atoms with Crippen molar-refractivity contribution in [3.63, 3.8) is 0 Å². The number of benzene rings is 2. The number of H-pyrrole nitrogens is 1. The molecule has 1 amide bonds. The molecule has 0 saturated heterocycles. The molecule has 4 aromatic rings. The molecule has 8 nitrogen and oxygen atoms in total. The zero-order valence-corrected chi connectivity index (χ0v) is 18.8. The van der Waals surface area contributed by atoms with Gasteiger partial charge < -0.3 is 15.0 Å². The minimum absolute atomic E-state index is 0.127. The van der Waals surface area contributed by atoms with E-state index in [2.05, 4.69) is 31.6 Å². The number of carbonyl (C=O) groups excluding carboxylic acids is 1. The molecule has 0 atom stereocenters. The predicted molar refractivity (Wildman–Crippen MR) is 128 cm³/mol. The number of hydrogen-bond acceptors (Lipinski definition) is 6. The van der Waals surface area contributed by atoms with Crippen molar-refractivity contribution in [1.82, 2.24) is 20.2 Å². The molecule has 2 aromatic heterocycles. The van der Waals surface area contributed by atoms with E-state index in [9.17, 15) is 4.79 Å². The second kappa shape index (κ2) is 10.9. The number of nitriles is 1. The summed E-state index contributed by atoms with van der Waals surface area (Å²) in [7, 11) is 0. The summed E-state index contributed by atoms with van der Waals surface area (Å²) in [6.45, 7) is 2.49. The third-order valence-corrected chi connectivity index (χ3v) is 5.19. The molecule has 8 heteroatoms. The number of pyridine rings is 1. The summed E-state index contributed by atoms with van der Waals surface area (Å²) >= 11 is 0. The van der Waals surface area contributed by atoms with E-state index in [1.807, 2.05) is 61.5 Å². The number of ether oxygens (including phenoxy) is 1. The van der Waals surface area contributed by atoms with E-state index in [1.54, 1.807) is 12.3 Å². The fourth-order valence-electron chi connectivity index (χ4n) is 3.45. The lowest BCUT2D eigenvalue weighted by atomic mass is 10.0. The van der Waals surface area contributed by atoms with Crippen LogP contribution in [0.4, 0.5) is 5.82 Å². The molecule has 0 bridgehead atoms. The van der Waals surface area contributed by atoms with Crippen molar-refractivity contribution in [1.29, 1.82) is 5.26 Å². The van der Waals surface area contributed by atoms with Gasteiger partial charge in [-0.2, -0.15) is 5.26 Å². The quantitative estimate of drug-likeness (QED) is 0.356. The first-order chi connectivity index (χ1) is 16.6. The fraction of sp³-hybridized carbons (Fsp3) is 0.192. The summed E-state index contributed by atoms with van der Waals surface area (Å²) in [5, 5.41) is 19.5. The van der Waals surface area contributed by atoms with Crippen molar-refractivity contribution in [3.05, 3.63) is 89.6 Å². The number of aromatic amines is 1. The summed E-state index contributed by atoms with van der Waals surface area (Å²) in [4.78, 5) is 19.9. The molecule has 2 aromatic carbocycles. The lowest BCUT2D eigenvalue weighted by molar-refractivity contribution is 0.101. The first kappa shape index (κ1) is 22.7. The highest BCUT2D eigenvalue weighted by Gasteiger charge is 2.14. The van der Waals surface area contributed by atoms with E-state index in [0.29, 0.717) is 37.5 Å². The van der Waals surface area contributed by atoms with Crippen molar-refractivity contribution in [2.45, 2.75) is 26.2 Å². The van der Waals surface area contributed by atoms with Crippen LogP contribution in [0.15, 0.2) is 66.9 Å². The summed E-state index contributed by atoms with van der Waals surface area (Å²) in [6.07, 6.45) is 3.35. The molecule has 0 aliphatic carbocycles. The molecule has 34 heavy (non-hydrogen) atoms. The van der Waals surface area contributed by atoms with Crippen LogP contribution < -0.4 is 10.1 Å². The minimum Gasteiger partial charge on any atom is -0.494 e. The third kappa shape index (κ3) is 5.84. The van der Waals surface area contributed by atoms with Gasteiger partial charge in [-0.15, -0.1) is 10.2 Å². The Morgan fingerprint density at radius 2 is 1.97 bits per heavy atom. The molecular weight excluding hydrogens is 428 g/mol. The Labute approximate surface area is 197 Å². The van der Waals surface area contributed by atoms with Gasteiger partial charge in [0.2, 0.25) is 5.82 Å².